The van der Waals surface area contributed by atoms with Gasteiger partial charge in [-0.25, -0.2) is 5.01 Å². The Morgan fingerprint density at radius 1 is 1.28 bits per heavy atom. The molecule has 0 aliphatic carbocycles. The van der Waals surface area contributed by atoms with Crippen molar-refractivity contribution >= 4 is 40.2 Å². The number of hydrogen-bond acceptors (Lipinski definition) is 6. The van der Waals surface area contributed by atoms with Crippen LogP contribution in [-0.2, 0) is 9.59 Å². The van der Waals surface area contributed by atoms with Crippen LogP contribution in [0.5, 0.6) is 0 Å². The molecule has 130 valence electrons. The topological polar surface area (TPSA) is 56.2 Å². The van der Waals surface area contributed by atoms with E-state index in [-0.39, 0.29) is 24.4 Å². The first-order valence-corrected chi connectivity index (χ1v) is 9.81. The van der Waals surface area contributed by atoms with E-state index in [2.05, 4.69) is 11.2 Å². The zero-order valence-electron chi connectivity index (χ0n) is 13.8. The summed E-state index contributed by atoms with van der Waals surface area (Å²) in [5.74, 6) is -0.0140. The Hall–Kier alpha value is -2.03. The lowest BCUT2D eigenvalue weighted by Crippen LogP contribution is -2.37. The fourth-order valence-electron chi connectivity index (χ4n) is 3.14. The van der Waals surface area contributed by atoms with Crippen molar-refractivity contribution in [3.8, 4) is 0 Å². The largest absolute Gasteiger partial charge is 0.332 e. The van der Waals surface area contributed by atoms with Crippen molar-refractivity contribution in [1.29, 1.82) is 0 Å². The van der Waals surface area contributed by atoms with Gasteiger partial charge < -0.3 is 4.90 Å². The predicted molar refractivity (Wildman–Crippen MR) is 98.6 cm³/mol. The maximum Gasteiger partial charge on any atom is 0.257 e. The molecule has 2 aliphatic heterocycles. The molecule has 4 heterocycles. The molecule has 8 heteroatoms. The first kappa shape index (κ1) is 16.4. The van der Waals surface area contributed by atoms with E-state index >= 15 is 0 Å². The maximum absolute atomic E-state index is 12.9. The van der Waals surface area contributed by atoms with Crippen LogP contribution in [0.25, 0.3) is 0 Å². The Bertz CT molecular complexity index is 801. The van der Waals surface area contributed by atoms with E-state index in [0.29, 0.717) is 13.2 Å². The van der Waals surface area contributed by atoms with Crippen molar-refractivity contribution in [2.75, 3.05) is 26.8 Å². The predicted octanol–water partition coefficient (Wildman–Crippen LogP) is 2.22. The normalized spacial score (nSPS) is 21.2. The summed E-state index contributed by atoms with van der Waals surface area (Å²) in [5, 5.41) is 10.3. The number of nitrogens with zero attached hydrogens (tertiary/aromatic N) is 4. The lowest BCUT2D eigenvalue weighted by molar-refractivity contribution is -0.134. The van der Waals surface area contributed by atoms with Gasteiger partial charge in [-0.3, -0.25) is 14.5 Å². The molecule has 0 radical (unpaired) electrons. The van der Waals surface area contributed by atoms with Crippen LogP contribution in [0.15, 0.2) is 40.1 Å². The van der Waals surface area contributed by atoms with Crippen LogP contribution in [0.3, 0.4) is 0 Å². The lowest BCUT2D eigenvalue weighted by atomic mass is 10.1. The average molecular weight is 374 g/mol. The number of carbonyl (C=O) groups excluding carboxylic acids is 2. The summed E-state index contributed by atoms with van der Waals surface area (Å²) in [6.45, 7) is 0.990. The van der Waals surface area contributed by atoms with Gasteiger partial charge in [-0.2, -0.15) is 5.10 Å². The second-order valence-electron chi connectivity index (χ2n) is 6.22. The van der Waals surface area contributed by atoms with Crippen molar-refractivity contribution in [3.63, 3.8) is 0 Å². The van der Waals surface area contributed by atoms with E-state index in [4.69, 9.17) is 0 Å². The molecule has 1 atom stereocenters. The van der Waals surface area contributed by atoms with E-state index in [0.717, 1.165) is 21.9 Å². The number of amides is 2. The highest BCUT2D eigenvalue weighted by atomic mass is 32.1. The van der Waals surface area contributed by atoms with Crippen molar-refractivity contribution in [2.45, 2.75) is 12.5 Å². The fraction of sp³-hybridized carbons (Fsp3) is 0.353. The van der Waals surface area contributed by atoms with E-state index in [9.17, 15) is 9.59 Å². The van der Waals surface area contributed by atoms with E-state index in [1.54, 1.807) is 39.6 Å². The van der Waals surface area contributed by atoms with Gasteiger partial charge in [0.15, 0.2) is 0 Å². The van der Waals surface area contributed by atoms with Gasteiger partial charge in [0.25, 0.3) is 5.91 Å². The summed E-state index contributed by atoms with van der Waals surface area (Å²) in [6, 6.07) is 8.03. The number of hydrazone groups is 1. The molecule has 1 unspecified atom stereocenters. The minimum atomic E-state index is -0.0620. The molecule has 1 fully saturated rings. The summed E-state index contributed by atoms with van der Waals surface area (Å²) < 4.78 is 0. The van der Waals surface area contributed by atoms with E-state index in [1.807, 2.05) is 33.9 Å². The molecule has 2 aliphatic rings. The smallest absolute Gasteiger partial charge is 0.257 e. The Balaban J connectivity index is 1.55. The van der Waals surface area contributed by atoms with Crippen LogP contribution >= 0.6 is 22.7 Å². The first-order chi connectivity index (χ1) is 12.1. The van der Waals surface area contributed by atoms with Gasteiger partial charge >= 0.3 is 0 Å². The number of carbonyl (C=O) groups is 2. The summed E-state index contributed by atoms with van der Waals surface area (Å²) in [5.41, 5.74) is 0.955. The van der Waals surface area contributed by atoms with Gasteiger partial charge in [-0.1, -0.05) is 12.1 Å². The van der Waals surface area contributed by atoms with Gasteiger partial charge in [0.1, 0.15) is 0 Å². The second-order valence-corrected chi connectivity index (χ2v) is 8.14. The molecule has 0 spiro atoms. The van der Waals surface area contributed by atoms with Crippen molar-refractivity contribution in [2.24, 2.45) is 5.10 Å². The molecule has 2 amide bonds. The number of rotatable bonds is 4. The van der Waals surface area contributed by atoms with Crippen molar-refractivity contribution in [3.05, 3.63) is 44.8 Å². The zero-order valence-corrected chi connectivity index (χ0v) is 15.4. The minimum absolute atomic E-state index is 0.0480. The SMILES string of the molecule is CN1CN(CC(=O)N2N=C(c3cccs3)CC2c2cccs2)CC1=O. The third kappa shape index (κ3) is 3.24. The van der Waals surface area contributed by atoms with Crippen LogP contribution in [0.1, 0.15) is 22.2 Å². The van der Waals surface area contributed by atoms with Gasteiger partial charge in [-0.15, -0.1) is 22.7 Å². The zero-order chi connectivity index (χ0) is 17.4. The molecule has 0 aromatic carbocycles. The molecular weight excluding hydrogens is 356 g/mol. The van der Waals surface area contributed by atoms with Crippen LogP contribution in [-0.4, -0.2) is 59.1 Å². The summed E-state index contributed by atoms with van der Waals surface area (Å²) in [7, 11) is 1.75. The van der Waals surface area contributed by atoms with Crippen molar-refractivity contribution < 1.29 is 9.59 Å². The molecule has 0 bridgehead atoms. The van der Waals surface area contributed by atoms with Gasteiger partial charge in [0, 0.05) is 18.3 Å². The Labute approximate surface area is 154 Å². The highest BCUT2D eigenvalue weighted by Crippen LogP contribution is 2.36. The Morgan fingerprint density at radius 3 is 2.72 bits per heavy atom. The summed E-state index contributed by atoms with van der Waals surface area (Å²) >= 11 is 3.28. The molecule has 1 saturated heterocycles. The molecule has 0 N–H and O–H groups in total. The van der Waals surface area contributed by atoms with Crippen LogP contribution in [0.4, 0.5) is 0 Å². The van der Waals surface area contributed by atoms with Crippen molar-refractivity contribution in [1.82, 2.24) is 14.8 Å². The second kappa shape index (κ2) is 6.70. The van der Waals surface area contributed by atoms with Gasteiger partial charge in [-0.05, 0) is 22.9 Å². The maximum atomic E-state index is 12.9. The first-order valence-electron chi connectivity index (χ1n) is 8.05. The highest BCUT2D eigenvalue weighted by Gasteiger charge is 2.36. The Morgan fingerprint density at radius 2 is 2.08 bits per heavy atom. The number of thiophene rings is 2. The third-order valence-corrected chi connectivity index (χ3v) is 6.29. The highest BCUT2D eigenvalue weighted by molar-refractivity contribution is 7.12. The quantitative estimate of drug-likeness (QED) is 0.825. The molecule has 2 aromatic rings. The summed E-state index contributed by atoms with van der Waals surface area (Å²) in [4.78, 5) is 30.3. The van der Waals surface area contributed by atoms with Gasteiger partial charge in [0.05, 0.1) is 36.4 Å². The number of hydrogen-bond donors (Lipinski definition) is 0. The molecule has 2 aromatic heterocycles. The third-order valence-electron chi connectivity index (χ3n) is 4.40. The molecule has 4 rings (SSSR count). The van der Waals surface area contributed by atoms with Crippen LogP contribution in [0, 0.1) is 0 Å². The van der Waals surface area contributed by atoms with Crippen LogP contribution < -0.4 is 0 Å². The standard InChI is InChI=1S/C17H18N4O2S2/c1-19-11-20(9-16(19)22)10-17(23)21-13(15-5-3-7-25-15)8-12(18-21)14-4-2-6-24-14/h2-7,13H,8-11H2,1H3. The molecule has 6 nitrogen and oxygen atoms in total. The molecular formula is C17H18N4O2S2. The Kier molecular flexibility index (Phi) is 4.41. The average Bonchev–Trinajstić information content (AvgIpc) is 3.35. The van der Waals surface area contributed by atoms with Gasteiger partial charge in [0.2, 0.25) is 5.91 Å². The van der Waals surface area contributed by atoms with Crippen LogP contribution in [0.2, 0.25) is 0 Å². The van der Waals surface area contributed by atoms with E-state index in [1.165, 1.54) is 0 Å². The summed E-state index contributed by atoms with van der Waals surface area (Å²) in [6.07, 6.45) is 0.728. The fourth-order valence-corrected chi connectivity index (χ4v) is 4.68. The lowest BCUT2D eigenvalue weighted by Gasteiger charge is -2.23. The van der Waals surface area contributed by atoms with E-state index < -0.39 is 0 Å². The monoisotopic (exact) mass is 374 g/mol. The minimum Gasteiger partial charge on any atom is -0.332 e. The molecule has 0 saturated carbocycles. The number of likely N-dealkylation sites (N-methyl/N-ethyl adjacent to an activating group) is 1. The molecule has 25 heavy (non-hydrogen) atoms.